The van der Waals surface area contributed by atoms with Gasteiger partial charge in [0.15, 0.2) is 4.96 Å². The fourth-order valence-electron chi connectivity index (χ4n) is 3.89. The molecule has 0 unspecified atom stereocenters. The number of amides is 3. The van der Waals surface area contributed by atoms with E-state index in [2.05, 4.69) is 20.9 Å². The lowest BCUT2D eigenvalue weighted by Crippen LogP contribution is -2.34. The number of anilines is 1. The molecule has 0 atom stereocenters. The number of benzene rings is 2. The van der Waals surface area contributed by atoms with Crippen LogP contribution in [0.1, 0.15) is 38.6 Å². The van der Waals surface area contributed by atoms with Crippen molar-refractivity contribution in [2.24, 2.45) is 5.92 Å². The number of nitrogens with one attached hydrogen (secondary N) is 3. The van der Waals surface area contributed by atoms with Gasteiger partial charge in [0.05, 0.1) is 12.8 Å². The first-order valence-corrected chi connectivity index (χ1v) is 12.8. The minimum Gasteiger partial charge on any atom is -0.497 e. The van der Waals surface area contributed by atoms with Gasteiger partial charge in [-0.2, -0.15) is 0 Å². The fraction of sp³-hybridized carbons (Fsp3) is 0.259. The van der Waals surface area contributed by atoms with Crippen LogP contribution in [-0.4, -0.2) is 47.3 Å². The fourth-order valence-corrected chi connectivity index (χ4v) is 4.92. The van der Waals surface area contributed by atoms with Crippen molar-refractivity contribution in [1.29, 1.82) is 0 Å². The van der Waals surface area contributed by atoms with Gasteiger partial charge in [-0.3, -0.25) is 18.8 Å². The summed E-state index contributed by atoms with van der Waals surface area (Å²) in [7, 11) is 1.63. The number of methoxy groups -OCH3 is 1. The lowest BCUT2D eigenvalue weighted by molar-refractivity contribution is -0.117. The Morgan fingerprint density at radius 1 is 1.00 bits per heavy atom. The second-order valence-electron chi connectivity index (χ2n) is 8.88. The van der Waals surface area contributed by atoms with E-state index in [1.165, 1.54) is 11.3 Å². The molecule has 1 aliphatic rings. The van der Waals surface area contributed by atoms with E-state index in [1.807, 2.05) is 41.8 Å². The Hall–Kier alpha value is -4.18. The number of nitrogens with zero attached hydrogens (tertiary/aromatic N) is 2. The number of ether oxygens (including phenoxy) is 1. The molecule has 5 rings (SSSR count). The molecule has 0 radical (unpaired) electrons. The first kappa shape index (κ1) is 24.5. The quantitative estimate of drug-likeness (QED) is 0.292. The molecule has 0 saturated heterocycles. The standard InChI is InChI=1S/C27H27N5O4S/c1-16-23(37-27-31-22(15-32(16)27)17-7-11-21(36-2)12-8-17)26(35)29-14-13-28-24(33)18-5-9-20(10-6-18)30-25(34)19-3-4-19/h5-12,15,19H,3-4,13-14H2,1-2H3,(H,28,33)(H,29,35)(H,30,34). The molecule has 9 nitrogen and oxygen atoms in total. The predicted molar refractivity (Wildman–Crippen MR) is 142 cm³/mol. The van der Waals surface area contributed by atoms with E-state index in [0.717, 1.165) is 40.5 Å². The Bertz CT molecular complexity index is 1450. The molecule has 2 aromatic heterocycles. The molecule has 0 spiro atoms. The van der Waals surface area contributed by atoms with E-state index < -0.39 is 0 Å². The highest BCUT2D eigenvalue weighted by atomic mass is 32.1. The first-order chi connectivity index (χ1) is 17.9. The van der Waals surface area contributed by atoms with Gasteiger partial charge in [-0.15, -0.1) is 0 Å². The van der Waals surface area contributed by atoms with Gasteiger partial charge in [0.2, 0.25) is 5.91 Å². The number of hydrogen-bond acceptors (Lipinski definition) is 6. The lowest BCUT2D eigenvalue weighted by atomic mass is 10.2. The van der Waals surface area contributed by atoms with Gasteiger partial charge in [0, 0.05) is 47.7 Å². The maximum absolute atomic E-state index is 12.7. The van der Waals surface area contributed by atoms with Crippen LogP contribution < -0.4 is 20.7 Å². The summed E-state index contributed by atoms with van der Waals surface area (Å²) in [6, 6.07) is 14.4. The van der Waals surface area contributed by atoms with Crippen molar-refractivity contribution in [3.63, 3.8) is 0 Å². The van der Waals surface area contributed by atoms with Gasteiger partial charge in [-0.1, -0.05) is 11.3 Å². The van der Waals surface area contributed by atoms with Gasteiger partial charge < -0.3 is 20.7 Å². The minimum absolute atomic E-state index is 0.0277. The third-order valence-electron chi connectivity index (χ3n) is 6.21. The van der Waals surface area contributed by atoms with Crippen molar-refractivity contribution in [2.75, 3.05) is 25.5 Å². The monoisotopic (exact) mass is 517 g/mol. The number of aromatic nitrogens is 2. The van der Waals surface area contributed by atoms with Crippen molar-refractivity contribution < 1.29 is 19.1 Å². The van der Waals surface area contributed by atoms with Gasteiger partial charge in [0.1, 0.15) is 10.6 Å². The minimum atomic E-state index is -0.244. The molecule has 37 heavy (non-hydrogen) atoms. The van der Waals surface area contributed by atoms with E-state index in [0.29, 0.717) is 16.1 Å². The van der Waals surface area contributed by atoms with Gasteiger partial charge >= 0.3 is 0 Å². The molecule has 1 saturated carbocycles. The summed E-state index contributed by atoms with van der Waals surface area (Å²) in [5.41, 5.74) is 3.76. The molecule has 3 N–H and O–H groups in total. The SMILES string of the molecule is COc1ccc(-c2cn3c(C)c(C(=O)NCCNC(=O)c4ccc(NC(=O)C5CC5)cc4)sc3n2)cc1. The van der Waals surface area contributed by atoms with Crippen LogP contribution in [0, 0.1) is 12.8 Å². The smallest absolute Gasteiger partial charge is 0.263 e. The third kappa shape index (κ3) is 5.49. The number of hydrogen-bond donors (Lipinski definition) is 3. The predicted octanol–water partition coefficient (Wildman–Crippen LogP) is 3.89. The Morgan fingerprint density at radius 3 is 2.30 bits per heavy atom. The van der Waals surface area contributed by atoms with Gasteiger partial charge in [0.25, 0.3) is 11.8 Å². The number of carbonyl (C=O) groups excluding carboxylic acids is 3. The highest BCUT2D eigenvalue weighted by molar-refractivity contribution is 7.19. The lowest BCUT2D eigenvalue weighted by Gasteiger charge is -2.08. The molecule has 4 aromatic rings. The molecular formula is C27H27N5O4S. The second kappa shape index (κ2) is 10.4. The normalized spacial score (nSPS) is 12.8. The number of rotatable bonds is 9. The number of fused-ring (bicyclic) bond motifs is 1. The Labute approximate surface area is 217 Å². The zero-order valence-electron chi connectivity index (χ0n) is 20.5. The topological polar surface area (TPSA) is 114 Å². The van der Waals surface area contributed by atoms with Gasteiger partial charge in [-0.25, -0.2) is 4.98 Å². The van der Waals surface area contributed by atoms with Crippen LogP contribution in [0.15, 0.2) is 54.7 Å². The van der Waals surface area contributed by atoms with Crippen molar-refractivity contribution in [3.05, 3.63) is 70.9 Å². The zero-order chi connectivity index (χ0) is 25.9. The summed E-state index contributed by atoms with van der Waals surface area (Å²) < 4.78 is 7.12. The molecule has 1 fully saturated rings. The molecule has 2 aromatic carbocycles. The van der Waals surface area contributed by atoms with E-state index in [4.69, 9.17) is 4.74 Å². The Morgan fingerprint density at radius 2 is 1.68 bits per heavy atom. The van der Waals surface area contributed by atoms with Crippen LogP contribution in [-0.2, 0) is 4.79 Å². The summed E-state index contributed by atoms with van der Waals surface area (Å²) in [5, 5.41) is 8.51. The van der Waals surface area contributed by atoms with E-state index in [9.17, 15) is 14.4 Å². The molecule has 0 bridgehead atoms. The number of carbonyl (C=O) groups is 3. The second-order valence-corrected chi connectivity index (χ2v) is 9.85. The van der Waals surface area contributed by atoms with E-state index in [-0.39, 0.29) is 36.7 Å². The molecule has 2 heterocycles. The van der Waals surface area contributed by atoms with Crippen LogP contribution in [0.3, 0.4) is 0 Å². The molecule has 1 aliphatic carbocycles. The molecule has 10 heteroatoms. The largest absolute Gasteiger partial charge is 0.497 e. The molecular weight excluding hydrogens is 490 g/mol. The summed E-state index contributed by atoms with van der Waals surface area (Å²) in [4.78, 5) is 43.0. The number of thiazole rings is 1. The van der Waals surface area contributed by atoms with E-state index >= 15 is 0 Å². The molecule has 3 amide bonds. The first-order valence-electron chi connectivity index (χ1n) is 12.0. The average molecular weight is 518 g/mol. The number of aryl methyl sites for hydroxylation is 1. The highest BCUT2D eigenvalue weighted by Crippen LogP contribution is 2.30. The van der Waals surface area contributed by atoms with Crippen LogP contribution in [0.4, 0.5) is 5.69 Å². The highest BCUT2D eigenvalue weighted by Gasteiger charge is 2.29. The molecule has 0 aliphatic heterocycles. The summed E-state index contributed by atoms with van der Waals surface area (Å²) in [6.07, 6.45) is 3.80. The number of imidazole rings is 1. The molecule has 190 valence electrons. The summed E-state index contributed by atoms with van der Waals surface area (Å²) in [5.74, 6) is 0.483. The van der Waals surface area contributed by atoms with Crippen molar-refractivity contribution >= 4 is 39.7 Å². The Kier molecular flexibility index (Phi) is 6.91. The van der Waals surface area contributed by atoms with Crippen LogP contribution in [0.25, 0.3) is 16.2 Å². The maximum Gasteiger partial charge on any atom is 0.263 e. The van der Waals surface area contributed by atoms with Crippen LogP contribution >= 0.6 is 11.3 Å². The Balaban J connectivity index is 1.12. The zero-order valence-corrected chi connectivity index (χ0v) is 21.4. The van der Waals surface area contributed by atoms with Crippen molar-refractivity contribution in [1.82, 2.24) is 20.0 Å². The maximum atomic E-state index is 12.7. The van der Waals surface area contributed by atoms with Crippen molar-refractivity contribution in [3.8, 4) is 17.0 Å². The summed E-state index contributed by atoms with van der Waals surface area (Å²) >= 11 is 1.33. The van der Waals surface area contributed by atoms with Gasteiger partial charge in [-0.05, 0) is 68.3 Å². The van der Waals surface area contributed by atoms with Crippen molar-refractivity contribution in [2.45, 2.75) is 19.8 Å². The third-order valence-corrected chi connectivity index (χ3v) is 7.36. The van der Waals surface area contributed by atoms with Crippen LogP contribution in [0.2, 0.25) is 0 Å². The summed E-state index contributed by atoms with van der Waals surface area (Å²) in [6.45, 7) is 2.46. The average Bonchev–Trinajstić information content (AvgIpc) is 3.62. The van der Waals surface area contributed by atoms with Crippen LogP contribution in [0.5, 0.6) is 5.75 Å². The van der Waals surface area contributed by atoms with E-state index in [1.54, 1.807) is 31.4 Å².